The zero-order valence-corrected chi connectivity index (χ0v) is 11.5. The Labute approximate surface area is 123 Å². The number of H-pyrrole nitrogens is 1. The number of nitrogens with one attached hydrogen (secondary N) is 1. The van der Waals surface area contributed by atoms with Gasteiger partial charge in [-0.05, 0) is 12.1 Å². The molecule has 2 heterocycles. The standard InChI is InChI=1S/C13H8Cl2N4O/c14-7-5-9(15)12(16-6-7)19-18-11-8-3-1-2-4-10(8)17-13(11)20/h1-6,17,20H. The Bertz CT molecular complexity index is 813. The zero-order valence-electron chi connectivity index (χ0n) is 10.0. The minimum Gasteiger partial charge on any atom is -0.493 e. The van der Waals surface area contributed by atoms with Crippen LogP contribution >= 0.6 is 23.2 Å². The second kappa shape index (κ2) is 5.11. The summed E-state index contributed by atoms with van der Waals surface area (Å²) in [5.41, 5.74) is 1.11. The Morgan fingerprint density at radius 1 is 1.15 bits per heavy atom. The number of hydrogen-bond acceptors (Lipinski definition) is 4. The third-order valence-electron chi connectivity index (χ3n) is 2.69. The van der Waals surface area contributed by atoms with Crippen molar-refractivity contribution in [2.24, 2.45) is 10.2 Å². The lowest BCUT2D eigenvalue weighted by atomic mass is 10.2. The number of azo groups is 1. The molecule has 0 radical (unpaired) electrons. The molecule has 0 bridgehead atoms. The first-order chi connectivity index (χ1) is 9.65. The Hall–Kier alpha value is -2.11. The van der Waals surface area contributed by atoms with Gasteiger partial charge in [0.2, 0.25) is 5.88 Å². The number of benzene rings is 1. The van der Waals surface area contributed by atoms with E-state index in [0.717, 1.165) is 10.9 Å². The molecule has 3 rings (SSSR count). The van der Waals surface area contributed by atoms with E-state index in [4.69, 9.17) is 23.2 Å². The summed E-state index contributed by atoms with van der Waals surface area (Å²) < 4.78 is 0. The largest absolute Gasteiger partial charge is 0.493 e. The highest BCUT2D eigenvalue weighted by molar-refractivity contribution is 6.35. The molecule has 0 amide bonds. The summed E-state index contributed by atoms with van der Waals surface area (Å²) in [7, 11) is 0. The molecule has 0 fully saturated rings. The summed E-state index contributed by atoms with van der Waals surface area (Å²) in [5, 5.41) is 19.3. The van der Waals surface area contributed by atoms with E-state index >= 15 is 0 Å². The van der Waals surface area contributed by atoms with Crippen molar-refractivity contribution in [2.45, 2.75) is 0 Å². The fourth-order valence-electron chi connectivity index (χ4n) is 1.79. The number of aromatic hydroxyl groups is 1. The molecule has 0 saturated carbocycles. The minimum absolute atomic E-state index is 0.0555. The maximum Gasteiger partial charge on any atom is 0.218 e. The molecule has 0 aliphatic heterocycles. The number of nitrogens with zero attached hydrogens (tertiary/aromatic N) is 3. The van der Waals surface area contributed by atoms with E-state index in [1.54, 1.807) is 0 Å². The monoisotopic (exact) mass is 306 g/mol. The lowest BCUT2D eigenvalue weighted by Crippen LogP contribution is -1.75. The van der Waals surface area contributed by atoms with Crippen LogP contribution in [-0.2, 0) is 0 Å². The molecule has 1 aromatic carbocycles. The van der Waals surface area contributed by atoms with Crippen molar-refractivity contribution in [3.05, 3.63) is 46.6 Å². The number of halogens is 2. The highest BCUT2D eigenvalue weighted by atomic mass is 35.5. The minimum atomic E-state index is -0.0555. The van der Waals surface area contributed by atoms with Crippen molar-refractivity contribution < 1.29 is 5.11 Å². The number of aromatic nitrogens is 2. The van der Waals surface area contributed by atoms with Gasteiger partial charge in [0.05, 0.1) is 15.6 Å². The molecule has 3 aromatic rings. The van der Waals surface area contributed by atoms with Gasteiger partial charge in [0, 0.05) is 11.6 Å². The molecule has 0 aliphatic carbocycles. The highest BCUT2D eigenvalue weighted by Crippen LogP contribution is 2.36. The van der Waals surface area contributed by atoms with Gasteiger partial charge in [-0.15, -0.1) is 10.2 Å². The third kappa shape index (κ3) is 2.33. The lowest BCUT2D eigenvalue weighted by Gasteiger charge is -1.96. The van der Waals surface area contributed by atoms with Crippen molar-refractivity contribution in [1.82, 2.24) is 9.97 Å². The van der Waals surface area contributed by atoms with Crippen LogP contribution in [0.25, 0.3) is 10.9 Å². The second-order valence-electron chi connectivity index (χ2n) is 4.03. The van der Waals surface area contributed by atoms with Crippen LogP contribution in [0, 0.1) is 0 Å². The van der Waals surface area contributed by atoms with Gasteiger partial charge in [-0.2, -0.15) is 0 Å². The highest BCUT2D eigenvalue weighted by Gasteiger charge is 2.10. The topological polar surface area (TPSA) is 73.6 Å². The number of hydrogen-bond donors (Lipinski definition) is 2. The summed E-state index contributed by atoms with van der Waals surface area (Å²) in [6.45, 7) is 0. The number of rotatable bonds is 2. The van der Waals surface area contributed by atoms with Crippen LogP contribution in [0.15, 0.2) is 46.8 Å². The smallest absolute Gasteiger partial charge is 0.218 e. The number of fused-ring (bicyclic) bond motifs is 1. The molecule has 0 saturated heterocycles. The Kier molecular flexibility index (Phi) is 3.30. The van der Waals surface area contributed by atoms with Crippen molar-refractivity contribution in [3.8, 4) is 5.88 Å². The Morgan fingerprint density at radius 2 is 1.95 bits per heavy atom. The average molecular weight is 307 g/mol. The fourth-order valence-corrected chi connectivity index (χ4v) is 2.21. The van der Waals surface area contributed by atoms with Crippen molar-refractivity contribution in [3.63, 3.8) is 0 Å². The van der Waals surface area contributed by atoms with Crippen LogP contribution in [0.2, 0.25) is 10.0 Å². The maximum absolute atomic E-state index is 9.84. The van der Waals surface area contributed by atoms with Gasteiger partial charge in [0.1, 0.15) is 0 Å². The summed E-state index contributed by atoms with van der Waals surface area (Å²) in [5.74, 6) is 0.181. The van der Waals surface area contributed by atoms with E-state index in [1.807, 2.05) is 24.3 Å². The van der Waals surface area contributed by atoms with Crippen LogP contribution in [0.3, 0.4) is 0 Å². The number of para-hydroxylation sites is 1. The van der Waals surface area contributed by atoms with E-state index < -0.39 is 0 Å². The van der Waals surface area contributed by atoms with Crippen LogP contribution in [0.1, 0.15) is 0 Å². The molecule has 0 atom stereocenters. The number of aromatic amines is 1. The van der Waals surface area contributed by atoms with Gasteiger partial charge < -0.3 is 10.1 Å². The molecular formula is C13H8Cl2N4O. The molecule has 0 spiro atoms. The molecule has 5 nitrogen and oxygen atoms in total. The lowest BCUT2D eigenvalue weighted by molar-refractivity contribution is 0.459. The predicted molar refractivity (Wildman–Crippen MR) is 78.4 cm³/mol. The van der Waals surface area contributed by atoms with Crippen LogP contribution in [-0.4, -0.2) is 15.1 Å². The van der Waals surface area contributed by atoms with Gasteiger partial charge in [0.15, 0.2) is 11.5 Å². The molecule has 100 valence electrons. The first-order valence-electron chi connectivity index (χ1n) is 5.67. The summed E-state index contributed by atoms with van der Waals surface area (Å²) in [6, 6.07) is 8.90. The van der Waals surface area contributed by atoms with Crippen molar-refractivity contribution >= 4 is 45.6 Å². The van der Waals surface area contributed by atoms with Crippen LogP contribution in [0.5, 0.6) is 5.88 Å². The van der Waals surface area contributed by atoms with Gasteiger partial charge in [-0.1, -0.05) is 41.4 Å². The van der Waals surface area contributed by atoms with Crippen LogP contribution < -0.4 is 0 Å². The summed E-state index contributed by atoms with van der Waals surface area (Å²) in [4.78, 5) is 6.79. The van der Waals surface area contributed by atoms with E-state index in [2.05, 4.69) is 20.2 Å². The van der Waals surface area contributed by atoms with E-state index in [1.165, 1.54) is 12.3 Å². The van der Waals surface area contributed by atoms with Crippen molar-refractivity contribution in [1.29, 1.82) is 0 Å². The molecule has 0 aliphatic rings. The van der Waals surface area contributed by atoms with Crippen LogP contribution in [0.4, 0.5) is 11.5 Å². The SMILES string of the molecule is Oc1[nH]c2ccccc2c1N=Nc1ncc(Cl)cc1Cl. The molecule has 7 heteroatoms. The predicted octanol–water partition coefficient (Wildman–Crippen LogP) is 4.99. The van der Waals surface area contributed by atoms with Gasteiger partial charge in [-0.25, -0.2) is 4.98 Å². The number of pyridine rings is 1. The van der Waals surface area contributed by atoms with Gasteiger partial charge >= 0.3 is 0 Å². The molecule has 2 N–H and O–H groups in total. The van der Waals surface area contributed by atoms with E-state index in [-0.39, 0.29) is 11.7 Å². The molecular weight excluding hydrogens is 299 g/mol. The fraction of sp³-hybridized carbons (Fsp3) is 0. The average Bonchev–Trinajstić information content (AvgIpc) is 2.74. The molecule has 2 aromatic heterocycles. The second-order valence-corrected chi connectivity index (χ2v) is 4.87. The summed E-state index contributed by atoms with van der Waals surface area (Å²) >= 11 is 11.7. The molecule has 0 unspecified atom stereocenters. The zero-order chi connectivity index (χ0) is 14.1. The summed E-state index contributed by atoms with van der Waals surface area (Å²) in [6.07, 6.45) is 1.43. The Morgan fingerprint density at radius 3 is 2.75 bits per heavy atom. The Balaban J connectivity index is 2.04. The van der Waals surface area contributed by atoms with Gasteiger partial charge in [0.25, 0.3) is 0 Å². The quantitative estimate of drug-likeness (QED) is 0.654. The third-order valence-corrected chi connectivity index (χ3v) is 3.18. The van der Waals surface area contributed by atoms with Crippen molar-refractivity contribution in [2.75, 3.05) is 0 Å². The first kappa shape index (κ1) is 12.9. The first-order valence-corrected chi connectivity index (χ1v) is 6.43. The van der Waals surface area contributed by atoms with E-state index in [0.29, 0.717) is 15.7 Å². The van der Waals surface area contributed by atoms with E-state index in [9.17, 15) is 5.11 Å². The maximum atomic E-state index is 9.84. The molecule has 20 heavy (non-hydrogen) atoms. The normalized spacial score (nSPS) is 11.5. The van der Waals surface area contributed by atoms with Gasteiger partial charge in [-0.3, -0.25) is 0 Å².